The van der Waals surface area contributed by atoms with Crippen LogP contribution in [0.25, 0.3) is 21.9 Å². The highest BCUT2D eigenvalue weighted by atomic mass is 19.1. The van der Waals surface area contributed by atoms with Gasteiger partial charge in [-0.1, -0.05) is 12.1 Å². The number of carbonyl (C=O) groups is 1. The van der Waals surface area contributed by atoms with E-state index in [4.69, 9.17) is 0 Å². The van der Waals surface area contributed by atoms with Crippen molar-refractivity contribution < 1.29 is 9.18 Å². The van der Waals surface area contributed by atoms with Crippen LogP contribution in [0.1, 0.15) is 23.9 Å². The molecule has 0 radical (unpaired) electrons. The third-order valence-electron chi connectivity index (χ3n) is 4.49. The molecule has 1 amide bonds. The van der Waals surface area contributed by atoms with Crippen LogP contribution in [0.3, 0.4) is 0 Å². The average molecular weight is 350 g/mol. The monoisotopic (exact) mass is 350 g/mol. The van der Waals surface area contributed by atoms with E-state index in [-0.39, 0.29) is 11.7 Å². The first-order chi connectivity index (χ1) is 12.6. The number of carbonyl (C=O) groups excluding carboxylic acids is 1. The zero-order chi connectivity index (χ0) is 18.1. The summed E-state index contributed by atoms with van der Waals surface area (Å²) in [4.78, 5) is 22.2. The fraction of sp³-hybridized carbons (Fsp3) is 0.200. The molecule has 0 saturated carbocycles. The van der Waals surface area contributed by atoms with Crippen molar-refractivity contribution in [2.24, 2.45) is 0 Å². The highest BCUT2D eigenvalue weighted by Crippen LogP contribution is 2.26. The van der Waals surface area contributed by atoms with Gasteiger partial charge in [0.25, 0.3) is 0 Å². The molecule has 2 aromatic heterocycles. The van der Waals surface area contributed by atoms with Gasteiger partial charge >= 0.3 is 0 Å². The number of nitrogens with one attached hydrogen (secondary N) is 3. The number of nitrogens with zero attached hydrogens (tertiary/aromatic N) is 1. The number of amides is 1. The molecule has 2 aromatic carbocycles. The minimum atomic E-state index is -0.274. The molecule has 0 aliphatic carbocycles. The fourth-order valence-electron chi connectivity index (χ4n) is 3.31. The molecule has 0 unspecified atom stereocenters. The number of H-pyrrole nitrogens is 2. The number of hydrogen-bond acceptors (Lipinski definition) is 2. The first-order valence-corrected chi connectivity index (χ1v) is 8.56. The van der Waals surface area contributed by atoms with Crippen LogP contribution in [-0.2, 0) is 17.6 Å². The second kappa shape index (κ2) is 6.63. The third-order valence-corrected chi connectivity index (χ3v) is 4.49. The van der Waals surface area contributed by atoms with Crippen LogP contribution in [0.2, 0.25) is 0 Å². The predicted molar refractivity (Wildman–Crippen MR) is 99.5 cm³/mol. The topological polar surface area (TPSA) is 73.6 Å². The van der Waals surface area contributed by atoms with Gasteiger partial charge in [0, 0.05) is 37.0 Å². The summed E-state index contributed by atoms with van der Waals surface area (Å²) < 4.78 is 14.2. The standard InChI is InChI=1S/C20H19FN4O/c1-12(26)22-7-6-13-11-23-20-14(8-15(21)10-16(13)20)9-19-24-17-4-2-3-5-18(17)25-19/h2-5,8,10-11,23H,6-7,9H2,1H3,(H,22,26)(H,24,25). The second-order valence-corrected chi connectivity index (χ2v) is 6.41. The van der Waals surface area contributed by atoms with Gasteiger partial charge < -0.3 is 15.3 Å². The third kappa shape index (κ3) is 3.18. The van der Waals surface area contributed by atoms with Crippen LogP contribution in [0.4, 0.5) is 4.39 Å². The minimum Gasteiger partial charge on any atom is -0.361 e. The van der Waals surface area contributed by atoms with Crippen LogP contribution >= 0.6 is 0 Å². The summed E-state index contributed by atoms with van der Waals surface area (Å²) in [6.45, 7) is 2.01. The van der Waals surface area contributed by atoms with Crippen LogP contribution in [0.15, 0.2) is 42.6 Å². The lowest BCUT2D eigenvalue weighted by Crippen LogP contribution is -2.22. The minimum absolute atomic E-state index is 0.0680. The molecule has 26 heavy (non-hydrogen) atoms. The fourth-order valence-corrected chi connectivity index (χ4v) is 3.31. The molecule has 132 valence electrons. The average Bonchev–Trinajstić information content (AvgIpc) is 3.18. The molecular formula is C20H19FN4O. The number of aromatic nitrogens is 3. The molecule has 6 heteroatoms. The van der Waals surface area contributed by atoms with Crippen molar-refractivity contribution in [3.63, 3.8) is 0 Å². The van der Waals surface area contributed by atoms with Gasteiger partial charge in [-0.15, -0.1) is 0 Å². The summed E-state index contributed by atoms with van der Waals surface area (Å²) in [7, 11) is 0. The Labute approximate surface area is 149 Å². The van der Waals surface area contributed by atoms with Crippen molar-refractivity contribution >= 4 is 27.8 Å². The molecule has 0 spiro atoms. The molecule has 0 bridgehead atoms. The van der Waals surface area contributed by atoms with E-state index in [1.807, 2.05) is 30.5 Å². The van der Waals surface area contributed by atoms with Gasteiger partial charge in [-0.25, -0.2) is 9.37 Å². The van der Waals surface area contributed by atoms with Crippen LogP contribution in [-0.4, -0.2) is 27.4 Å². The van der Waals surface area contributed by atoms with E-state index < -0.39 is 0 Å². The summed E-state index contributed by atoms with van der Waals surface area (Å²) in [5.41, 5.74) is 4.61. The number of para-hydroxylation sites is 2. The van der Waals surface area contributed by atoms with Crippen molar-refractivity contribution in [3.8, 4) is 0 Å². The first-order valence-electron chi connectivity index (χ1n) is 8.56. The molecule has 4 rings (SSSR count). The van der Waals surface area contributed by atoms with Gasteiger partial charge in [0.15, 0.2) is 0 Å². The van der Waals surface area contributed by atoms with Crippen molar-refractivity contribution in [2.45, 2.75) is 19.8 Å². The Morgan fingerprint density at radius 3 is 2.88 bits per heavy atom. The molecular weight excluding hydrogens is 331 g/mol. The molecule has 0 saturated heterocycles. The quantitative estimate of drug-likeness (QED) is 0.516. The van der Waals surface area contributed by atoms with E-state index in [9.17, 15) is 9.18 Å². The van der Waals surface area contributed by atoms with Gasteiger partial charge in [-0.3, -0.25) is 4.79 Å². The van der Waals surface area contributed by atoms with E-state index >= 15 is 0 Å². The number of halogens is 1. The maximum Gasteiger partial charge on any atom is 0.216 e. The molecule has 5 nitrogen and oxygen atoms in total. The van der Waals surface area contributed by atoms with Gasteiger partial charge in [0.05, 0.1) is 11.0 Å². The van der Waals surface area contributed by atoms with Crippen LogP contribution in [0, 0.1) is 5.82 Å². The molecule has 4 aromatic rings. The largest absolute Gasteiger partial charge is 0.361 e. The van der Waals surface area contributed by atoms with Gasteiger partial charge in [0.1, 0.15) is 11.6 Å². The molecule has 0 aliphatic rings. The lowest BCUT2D eigenvalue weighted by atomic mass is 10.0. The number of benzene rings is 2. The van der Waals surface area contributed by atoms with Gasteiger partial charge in [0.2, 0.25) is 5.91 Å². The lowest BCUT2D eigenvalue weighted by Gasteiger charge is -2.05. The van der Waals surface area contributed by atoms with Crippen molar-refractivity contribution in [2.75, 3.05) is 6.54 Å². The Bertz CT molecular complexity index is 1060. The predicted octanol–water partition coefficient (Wildman–Crippen LogP) is 3.45. The highest BCUT2D eigenvalue weighted by Gasteiger charge is 2.12. The Morgan fingerprint density at radius 1 is 1.23 bits per heavy atom. The number of imidazole rings is 1. The molecule has 0 fully saturated rings. The van der Waals surface area contributed by atoms with E-state index in [2.05, 4.69) is 20.3 Å². The Balaban J connectivity index is 1.66. The van der Waals surface area contributed by atoms with E-state index in [1.54, 1.807) is 6.07 Å². The molecule has 0 atom stereocenters. The van der Waals surface area contributed by atoms with Crippen molar-refractivity contribution in [1.29, 1.82) is 0 Å². The van der Waals surface area contributed by atoms with E-state index in [0.29, 0.717) is 19.4 Å². The number of aromatic amines is 2. The maximum absolute atomic E-state index is 14.2. The zero-order valence-corrected chi connectivity index (χ0v) is 14.4. The second-order valence-electron chi connectivity index (χ2n) is 6.41. The number of hydrogen-bond donors (Lipinski definition) is 3. The van der Waals surface area contributed by atoms with E-state index in [1.165, 1.54) is 13.0 Å². The normalized spacial score (nSPS) is 11.3. The molecule has 3 N–H and O–H groups in total. The SMILES string of the molecule is CC(=O)NCCc1c[nH]c2c(Cc3nc4ccccc4[nH]3)cc(F)cc12. The summed E-state index contributed by atoms with van der Waals surface area (Å²) in [6, 6.07) is 10.9. The molecule has 0 aliphatic heterocycles. The summed E-state index contributed by atoms with van der Waals surface area (Å²) in [5, 5.41) is 3.62. The highest BCUT2D eigenvalue weighted by molar-refractivity contribution is 5.86. The Morgan fingerprint density at radius 2 is 2.08 bits per heavy atom. The lowest BCUT2D eigenvalue weighted by molar-refractivity contribution is -0.118. The summed E-state index contributed by atoms with van der Waals surface area (Å²) in [6.07, 6.45) is 3.04. The van der Waals surface area contributed by atoms with Crippen molar-refractivity contribution in [3.05, 3.63) is 65.4 Å². The summed E-state index contributed by atoms with van der Waals surface area (Å²) >= 11 is 0. The maximum atomic E-state index is 14.2. The number of fused-ring (bicyclic) bond motifs is 2. The van der Waals surface area contributed by atoms with Crippen LogP contribution in [0.5, 0.6) is 0 Å². The molecule has 2 heterocycles. The summed E-state index contributed by atoms with van der Waals surface area (Å²) in [5.74, 6) is 0.457. The van der Waals surface area contributed by atoms with Gasteiger partial charge in [-0.2, -0.15) is 0 Å². The smallest absolute Gasteiger partial charge is 0.216 e. The zero-order valence-electron chi connectivity index (χ0n) is 14.4. The first kappa shape index (κ1) is 16.3. The van der Waals surface area contributed by atoms with Crippen molar-refractivity contribution in [1.82, 2.24) is 20.3 Å². The Hall–Kier alpha value is -3.15. The Kier molecular flexibility index (Phi) is 4.16. The van der Waals surface area contributed by atoms with Crippen LogP contribution < -0.4 is 5.32 Å². The number of rotatable bonds is 5. The van der Waals surface area contributed by atoms with Gasteiger partial charge in [-0.05, 0) is 41.8 Å². The van der Waals surface area contributed by atoms with E-state index in [0.717, 1.165) is 38.9 Å².